The van der Waals surface area contributed by atoms with Crippen molar-refractivity contribution in [1.82, 2.24) is 4.98 Å². The van der Waals surface area contributed by atoms with Gasteiger partial charge in [0.1, 0.15) is 5.58 Å². The van der Waals surface area contributed by atoms with Gasteiger partial charge in [0, 0.05) is 16.5 Å². The number of aromatic nitrogens is 1. The van der Waals surface area contributed by atoms with E-state index < -0.39 is 0 Å². The molecule has 1 aromatic carbocycles. The van der Waals surface area contributed by atoms with Crippen LogP contribution in [0.2, 0.25) is 0 Å². The van der Waals surface area contributed by atoms with Crippen LogP contribution in [-0.2, 0) is 5.75 Å². The maximum absolute atomic E-state index is 12.1. The number of thioether (sulfide) groups is 1. The summed E-state index contributed by atoms with van der Waals surface area (Å²) >= 11 is 3.12. The Morgan fingerprint density at radius 1 is 1.45 bits per heavy atom. The average Bonchev–Trinajstić information content (AvgIpc) is 3.05. The maximum Gasteiger partial charge on any atom is 0.293 e. The highest BCUT2D eigenvalue weighted by Crippen LogP contribution is 2.22. The van der Waals surface area contributed by atoms with Gasteiger partial charge in [0.05, 0.1) is 5.69 Å². The summed E-state index contributed by atoms with van der Waals surface area (Å²) < 4.78 is 5.52. The second-order valence-electron chi connectivity index (χ2n) is 4.18. The molecule has 20 heavy (non-hydrogen) atoms. The molecule has 0 bridgehead atoms. The van der Waals surface area contributed by atoms with Crippen molar-refractivity contribution >= 4 is 45.1 Å². The number of anilines is 1. The molecule has 0 saturated carbocycles. The fourth-order valence-corrected chi connectivity index (χ4v) is 3.09. The number of rotatable bonds is 4. The number of hydrogen-bond donors (Lipinski definition) is 1. The molecule has 102 valence electrons. The van der Waals surface area contributed by atoms with E-state index in [-0.39, 0.29) is 5.91 Å². The van der Waals surface area contributed by atoms with Crippen molar-refractivity contribution in [1.29, 1.82) is 0 Å². The Hall–Kier alpha value is -1.79. The lowest BCUT2D eigenvalue weighted by atomic mass is 10.2. The molecule has 4 nitrogen and oxygen atoms in total. The summed E-state index contributed by atoms with van der Waals surface area (Å²) in [5.41, 5.74) is 1.68. The number of benzene rings is 1. The smallest absolute Gasteiger partial charge is 0.293 e. The van der Waals surface area contributed by atoms with E-state index in [4.69, 9.17) is 4.42 Å². The average molecular weight is 304 g/mol. The number of para-hydroxylation sites is 1. The zero-order chi connectivity index (χ0) is 13.9. The van der Waals surface area contributed by atoms with Gasteiger partial charge in [-0.1, -0.05) is 18.2 Å². The Labute approximate surface area is 124 Å². The van der Waals surface area contributed by atoms with Gasteiger partial charge in [-0.3, -0.25) is 10.1 Å². The molecule has 3 aromatic rings. The molecule has 0 aliphatic carbocycles. The van der Waals surface area contributed by atoms with Gasteiger partial charge in [-0.25, -0.2) is 4.98 Å². The van der Waals surface area contributed by atoms with Crippen molar-refractivity contribution in [3.8, 4) is 0 Å². The maximum atomic E-state index is 12.1. The van der Waals surface area contributed by atoms with Gasteiger partial charge < -0.3 is 4.42 Å². The first-order valence-corrected chi connectivity index (χ1v) is 8.27. The number of hydrogen-bond acceptors (Lipinski definition) is 5. The summed E-state index contributed by atoms with van der Waals surface area (Å²) in [6, 6.07) is 9.28. The zero-order valence-electron chi connectivity index (χ0n) is 10.8. The predicted octanol–water partition coefficient (Wildman–Crippen LogP) is 4.00. The van der Waals surface area contributed by atoms with Gasteiger partial charge in [0.25, 0.3) is 5.91 Å². The fourth-order valence-electron chi connectivity index (χ4n) is 1.83. The number of thiazole rings is 1. The Bertz CT molecular complexity index is 715. The summed E-state index contributed by atoms with van der Waals surface area (Å²) in [6.45, 7) is 0. The first kappa shape index (κ1) is 13.2. The molecule has 0 radical (unpaired) electrons. The van der Waals surface area contributed by atoms with E-state index in [1.165, 1.54) is 11.3 Å². The number of furan rings is 1. The minimum atomic E-state index is -0.272. The highest BCUT2D eigenvalue weighted by atomic mass is 32.2. The minimum Gasteiger partial charge on any atom is -0.451 e. The van der Waals surface area contributed by atoms with E-state index in [1.54, 1.807) is 17.8 Å². The molecule has 0 unspecified atom stereocenters. The highest BCUT2D eigenvalue weighted by Gasteiger charge is 2.13. The van der Waals surface area contributed by atoms with Gasteiger partial charge in [-0.15, -0.1) is 11.3 Å². The molecule has 0 spiro atoms. The largest absolute Gasteiger partial charge is 0.451 e. The molecule has 2 heterocycles. The third-order valence-electron chi connectivity index (χ3n) is 2.71. The third kappa shape index (κ3) is 2.71. The quantitative estimate of drug-likeness (QED) is 0.791. The number of nitrogens with one attached hydrogen (secondary N) is 1. The van der Waals surface area contributed by atoms with E-state index in [0.29, 0.717) is 16.5 Å². The van der Waals surface area contributed by atoms with Crippen molar-refractivity contribution in [2.24, 2.45) is 0 Å². The Morgan fingerprint density at radius 3 is 3.10 bits per heavy atom. The van der Waals surface area contributed by atoms with E-state index in [2.05, 4.69) is 10.3 Å². The van der Waals surface area contributed by atoms with Crippen LogP contribution >= 0.6 is 23.1 Å². The summed E-state index contributed by atoms with van der Waals surface area (Å²) in [6.07, 6.45) is 2.02. The number of fused-ring (bicyclic) bond motifs is 1. The number of amides is 1. The van der Waals surface area contributed by atoms with Crippen LogP contribution in [0.1, 0.15) is 16.2 Å². The van der Waals surface area contributed by atoms with Crippen LogP contribution in [0, 0.1) is 0 Å². The molecular formula is C14H12N2O2S2. The molecule has 6 heteroatoms. The van der Waals surface area contributed by atoms with E-state index >= 15 is 0 Å². The summed E-state index contributed by atoms with van der Waals surface area (Å²) in [5, 5.41) is 6.23. The fraction of sp³-hybridized carbons (Fsp3) is 0.143. The first-order chi connectivity index (χ1) is 9.76. The highest BCUT2D eigenvalue weighted by molar-refractivity contribution is 7.97. The Morgan fingerprint density at radius 2 is 2.30 bits per heavy atom. The number of carbonyl (C=O) groups excluding carboxylic acids is 1. The van der Waals surface area contributed by atoms with Crippen molar-refractivity contribution in [2.75, 3.05) is 11.6 Å². The SMILES string of the molecule is CSCc1csc(NC(=O)c2cc3ccccc3o2)n1. The first-order valence-electron chi connectivity index (χ1n) is 5.99. The van der Waals surface area contributed by atoms with E-state index in [0.717, 1.165) is 16.8 Å². The molecule has 1 amide bonds. The second kappa shape index (κ2) is 5.68. The van der Waals surface area contributed by atoms with Crippen LogP contribution in [0.25, 0.3) is 11.0 Å². The van der Waals surface area contributed by atoms with Crippen LogP contribution in [-0.4, -0.2) is 17.1 Å². The lowest BCUT2D eigenvalue weighted by Crippen LogP contribution is -2.10. The van der Waals surface area contributed by atoms with Crippen LogP contribution in [0.4, 0.5) is 5.13 Å². The van der Waals surface area contributed by atoms with Gasteiger partial charge >= 0.3 is 0 Å². The van der Waals surface area contributed by atoms with Crippen LogP contribution < -0.4 is 5.32 Å². The molecular weight excluding hydrogens is 292 g/mol. The molecule has 0 atom stereocenters. The number of nitrogens with zero attached hydrogens (tertiary/aromatic N) is 1. The zero-order valence-corrected chi connectivity index (χ0v) is 12.4. The minimum absolute atomic E-state index is 0.272. The standard InChI is InChI=1S/C14H12N2O2S2/c1-19-7-10-8-20-14(15-10)16-13(17)12-6-9-4-2-3-5-11(9)18-12/h2-6,8H,7H2,1H3,(H,15,16,17). The Balaban J connectivity index is 1.77. The van der Waals surface area contributed by atoms with E-state index in [1.807, 2.05) is 35.9 Å². The van der Waals surface area contributed by atoms with Crippen molar-refractivity contribution in [2.45, 2.75) is 5.75 Å². The summed E-state index contributed by atoms with van der Waals surface area (Å²) in [5.74, 6) is 0.871. The van der Waals surface area contributed by atoms with Crippen molar-refractivity contribution in [3.05, 3.63) is 47.2 Å². The summed E-state index contributed by atoms with van der Waals surface area (Å²) in [7, 11) is 0. The van der Waals surface area contributed by atoms with Gasteiger partial charge in [0.15, 0.2) is 10.9 Å². The number of carbonyl (C=O) groups is 1. The normalized spacial score (nSPS) is 10.8. The van der Waals surface area contributed by atoms with Gasteiger partial charge in [-0.2, -0.15) is 11.8 Å². The third-order valence-corrected chi connectivity index (χ3v) is 4.10. The molecule has 0 aliphatic rings. The molecule has 0 aliphatic heterocycles. The molecule has 0 saturated heterocycles. The van der Waals surface area contributed by atoms with Gasteiger partial charge in [-0.05, 0) is 18.4 Å². The molecule has 3 rings (SSSR count). The van der Waals surface area contributed by atoms with E-state index in [9.17, 15) is 4.79 Å². The predicted molar refractivity (Wildman–Crippen MR) is 83.5 cm³/mol. The topological polar surface area (TPSA) is 55.1 Å². The molecule has 1 N–H and O–H groups in total. The van der Waals surface area contributed by atoms with Crippen LogP contribution in [0.3, 0.4) is 0 Å². The lowest BCUT2D eigenvalue weighted by molar-refractivity contribution is 0.0998. The monoisotopic (exact) mass is 304 g/mol. The molecule has 0 fully saturated rings. The van der Waals surface area contributed by atoms with Crippen molar-refractivity contribution in [3.63, 3.8) is 0 Å². The second-order valence-corrected chi connectivity index (χ2v) is 5.90. The van der Waals surface area contributed by atoms with Crippen molar-refractivity contribution < 1.29 is 9.21 Å². The van der Waals surface area contributed by atoms with Gasteiger partial charge in [0.2, 0.25) is 0 Å². The van der Waals surface area contributed by atoms with Crippen LogP contribution in [0.15, 0.2) is 40.1 Å². The molecule has 2 aromatic heterocycles. The summed E-state index contributed by atoms with van der Waals surface area (Å²) in [4.78, 5) is 16.5. The van der Waals surface area contributed by atoms with Crippen LogP contribution in [0.5, 0.6) is 0 Å². The lowest BCUT2D eigenvalue weighted by Gasteiger charge is -1.97. The Kier molecular flexibility index (Phi) is 3.75.